The third kappa shape index (κ3) is 3.26. The van der Waals surface area contributed by atoms with Crippen molar-refractivity contribution in [1.82, 2.24) is 4.90 Å². The van der Waals surface area contributed by atoms with Gasteiger partial charge in [-0.2, -0.15) is 0 Å². The largest absolute Gasteiger partial charge is 0.302 e. The van der Waals surface area contributed by atoms with Crippen molar-refractivity contribution in [3.63, 3.8) is 0 Å². The smallest absolute Gasteiger partial charge is 0.138 e. The molecule has 0 aromatic rings. The molecule has 80 valence electrons. The number of hydrogen-bond acceptors (Lipinski definition) is 2. The van der Waals surface area contributed by atoms with Crippen LogP contribution in [-0.4, -0.2) is 30.3 Å². The first-order chi connectivity index (χ1) is 6.63. The van der Waals surface area contributed by atoms with Gasteiger partial charge < -0.3 is 4.90 Å². The molecule has 0 aromatic carbocycles. The summed E-state index contributed by atoms with van der Waals surface area (Å²) in [5.74, 6) is 0.743. The van der Waals surface area contributed by atoms with Gasteiger partial charge in [-0.3, -0.25) is 4.79 Å². The second-order valence-electron chi connectivity index (χ2n) is 4.33. The second kappa shape index (κ2) is 5.30. The topological polar surface area (TPSA) is 20.3 Å². The molecule has 2 heteroatoms. The van der Waals surface area contributed by atoms with Crippen LogP contribution in [0.2, 0.25) is 0 Å². The summed E-state index contributed by atoms with van der Waals surface area (Å²) in [6, 6.07) is 0. The third-order valence-corrected chi connectivity index (χ3v) is 2.96. The van der Waals surface area contributed by atoms with Gasteiger partial charge in [0.05, 0.1) is 0 Å². The molecule has 14 heavy (non-hydrogen) atoms. The van der Waals surface area contributed by atoms with Gasteiger partial charge in [0.2, 0.25) is 0 Å². The minimum absolute atomic E-state index is 0.286. The number of ketones is 1. The molecule has 0 N–H and O–H groups in total. The SMILES string of the molecule is C=C(C)CCN1CCC(=O)C(CC)C1. The number of likely N-dealkylation sites (tertiary alicyclic amines) is 1. The zero-order valence-corrected chi connectivity index (χ0v) is 9.38. The Morgan fingerprint density at radius 2 is 2.36 bits per heavy atom. The summed E-state index contributed by atoms with van der Waals surface area (Å²) in [5, 5.41) is 0. The van der Waals surface area contributed by atoms with Crippen molar-refractivity contribution in [3.8, 4) is 0 Å². The highest BCUT2D eigenvalue weighted by Crippen LogP contribution is 2.16. The maximum absolute atomic E-state index is 11.5. The number of piperidine rings is 1. The molecule has 0 saturated carbocycles. The zero-order valence-electron chi connectivity index (χ0n) is 9.38. The maximum atomic E-state index is 11.5. The van der Waals surface area contributed by atoms with E-state index >= 15 is 0 Å². The predicted octanol–water partition coefficient (Wildman–Crippen LogP) is 2.25. The van der Waals surface area contributed by atoms with Gasteiger partial charge >= 0.3 is 0 Å². The number of carbonyl (C=O) groups excluding carboxylic acids is 1. The van der Waals surface area contributed by atoms with Crippen LogP contribution < -0.4 is 0 Å². The Morgan fingerprint density at radius 3 is 2.93 bits per heavy atom. The monoisotopic (exact) mass is 195 g/mol. The van der Waals surface area contributed by atoms with Gasteiger partial charge in [0.15, 0.2) is 0 Å². The quantitative estimate of drug-likeness (QED) is 0.641. The van der Waals surface area contributed by atoms with E-state index in [1.165, 1.54) is 5.57 Å². The fourth-order valence-electron chi connectivity index (χ4n) is 1.89. The minimum Gasteiger partial charge on any atom is -0.302 e. The Kier molecular flexibility index (Phi) is 4.33. The van der Waals surface area contributed by atoms with E-state index < -0.39 is 0 Å². The van der Waals surface area contributed by atoms with Crippen molar-refractivity contribution in [2.24, 2.45) is 5.92 Å². The lowest BCUT2D eigenvalue weighted by Crippen LogP contribution is -2.40. The summed E-state index contributed by atoms with van der Waals surface area (Å²) in [5.41, 5.74) is 1.23. The molecule has 0 amide bonds. The van der Waals surface area contributed by atoms with Gasteiger partial charge in [0, 0.05) is 32.0 Å². The molecule has 1 saturated heterocycles. The average Bonchev–Trinajstić information content (AvgIpc) is 2.16. The highest BCUT2D eigenvalue weighted by atomic mass is 16.1. The van der Waals surface area contributed by atoms with Crippen molar-refractivity contribution in [2.45, 2.75) is 33.1 Å². The van der Waals surface area contributed by atoms with E-state index in [-0.39, 0.29) is 5.92 Å². The minimum atomic E-state index is 0.286. The highest BCUT2D eigenvalue weighted by molar-refractivity contribution is 5.82. The summed E-state index contributed by atoms with van der Waals surface area (Å²) >= 11 is 0. The first-order valence-electron chi connectivity index (χ1n) is 5.53. The van der Waals surface area contributed by atoms with Crippen LogP contribution in [0.25, 0.3) is 0 Å². The molecule has 2 nitrogen and oxygen atoms in total. The number of hydrogen-bond donors (Lipinski definition) is 0. The molecular formula is C12H21NO. The molecule has 0 aromatic heterocycles. The number of Topliss-reactive ketones (excluding diaryl/α,β-unsaturated/α-hetero) is 1. The van der Waals surface area contributed by atoms with Crippen LogP contribution >= 0.6 is 0 Å². The molecule has 1 rings (SSSR count). The van der Waals surface area contributed by atoms with Gasteiger partial charge in [-0.05, 0) is 19.8 Å². The fraction of sp³-hybridized carbons (Fsp3) is 0.750. The van der Waals surface area contributed by atoms with Gasteiger partial charge in [0.25, 0.3) is 0 Å². The van der Waals surface area contributed by atoms with Crippen LogP contribution in [0.3, 0.4) is 0 Å². The molecule has 1 aliphatic heterocycles. The molecule has 1 aliphatic rings. The number of nitrogens with zero attached hydrogens (tertiary/aromatic N) is 1. The lowest BCUT2D eigenvalue weighted by atomic mass is 9.94. The molecule has 1 heterocycles. The molecule has 1 fully saturated rings. The van der Waals surface area contributed by atoms with Crippen molar-refractivity contribution < 1.29 is 4.79 Å². The van der Waals surface area contributed by atoms with Gasteiger partial charge in [0.1, 0.15) is 5.78 Å². The van der Waals surface area contributed by atoms with E-state index in [2.05, 4.69) is 25.3 Å². The predicted molar refractivity (Wildman–Crippen MR) is 59.3 cm³/mol. The van der Waals surface area contributed by atoms with Crippen LogP contribution in [0.1, 0.15) is 33.1 Å². The normalized spacial score (nSPS) is 23.9. The Balaban J connectivity index is 2.34. The molecule has 0 aliphatic carbocycles. The van der Waals surface area contributed by atoms with Gasteiger partial charge in [-0.15, -0.1) is 6.58 Å². The third-order valence-electron chi connectivity index (χ3n) is 2.96. The molecule has 0 radical (unpaired) electrons. The van der Waals surface area contributed by atoms with Crippen LogP contribution in [-0.2, 0) is 4.79 Å². The Morgan fingerprint density at radius 1 is 1.64 bits per heavy atom. The lowest BCUT2D eigenvalue weighted by Gasteiger charge is -2.31. The van der Waals surface area contributed by atoms with Gasteiger partial charge in [-0.25, -0.2) is 0 Å². The standard InChI is InChI=1S/C12H21NO/c1-4-11-9-13(7-5-10(2)3)8-6-12(11)14/h11H,2,4-9H2,1,3H3. The Labute approximate surface area is 87.0 Å². The van der Waals surface area contributed by atoms with E-state index in [9.17, 15) is 4.79 Å². The summed E-state index contributed by atoms with van der Waals surface area (Å²) < 4.78 is 0. The van der Waals surface area contributed by atoms with E-state index in [4.69, 9.17) is 0 Å². The summed E-state index contributed by atoms with van der Waals surface area (Å²) in [7, 11) is 0. The molecular weight excluding hydrogens is 174 g/mol. The maximum Gasteiger partial charge on any atom is 0.138 e. The zero-order chi connectivity index (χ0) is 10.6. The van der Waals surface area contributed by atoms with Crippen LogP contribution in [0, 0.1) is 5.92 Å². The van der Waals surface area contributed by atoms with Crippen molar-refractivity contribution in [3.05, 3.63) is 12.2 Å². The van der Waals surface area contributed by atoms with E-state index in [1.54, 1.807) is 0 Å². The average molecular weight is 195 g/mol. The second-order valence-corrected chi connectivity index (χ2v) is 4.33. The molecule has 0 bridgehead atoms. The summed E-state index contributed by atoms with van der Waals surface area (Å²) in [6.45, 7) is 11.0. The summed E-state index contributed by atoms with van der Waals surface area (Å²) in [4.78, 5) is 13.9. The van der Waals surface area contributed by atoms with Crippen molar-refractivity contribution >= 4 is 5.78 Å². The summed E-state index contributed by atoms with van der Waals surface area (Å²) in [6.07, 6.45) is 2.79. The van der Waals surface area contributed by atoms with E-state index in [0.29, 0.717) is 5.78 Å². The van der Waals surface area contributed by atoms with E-state index in [0.717, 1.165) is 38.9 Å². The van der Waals surface area contributed by atoms with Crippen molar-refractivity contribution in [2.75, 3.05) is 19.6 Å². The number of rotatable bonds is 4. The number of carbonyl (C=O) groups is 1. The van der Waals surface area contributed by atoms with Crippen molar-refractivity contribution in [1.29, 1.82) is 0 Å². The van der Waals surface area contributed by atoms with Crippen LogP contribution in [0.15, 0.2) is 12.2 Å². The molecule has 1 unspecified atom stereocenters. The van der Waals surface area contributed by atoms with Gasteiger partial charge in [-0.1, -0.05) is 12.5 Å². The van der Waals surface area contributed by atoms with Crippen LogP contribution in [0.5, 0.6) is 0 Å². The highest BCUT2D eigenvalue weighted by Gasteiger charge is 2.24. The lowest BCUT2D eigenvalue weighted by molar-refractivity contribution is -0.126. The van der Waals surface area contributed by atoms with E-state index in [1.807, 2.05) is 0 Å². The first kappa shape index (κ1) is 11.4. The first-order valence-corrected chi connectivity index (χ1v) is 5.53. The Hall–Kier alpha value is -0.630. The Bertz CT molecular complexity index is 222. The van der Waals surface area contributed by atoms with Crippen LogP contribution in [0.4, 0.5) is 0 Å². The molecule has 0 spiro atoms. The fourth-order valence-corrected chi connectivity index (χ4v) is 1.89. The molecule has 1 atom stereocenters.